The summed E-state index contributed by atoms with van der Waals surface area (Å²) in [6.45, 7) is 5.74. The second-order valence-corrected chi connectivity index (χ2v) is 13.2. The van der Waals surface area contributed by atoms with Gasteiger partial charge in [0, 0.05) is 35.3 Å². The first-order valence-corrected chi connectivity index (χ1v) is 17.6. The van der Waals surface area contributed by atoms with E-state index in [4.69, 9.17) is 18.9 Å². The fourth-order valence-electron chi connectivity index (χ4n) is 6.36. The van der Waals surface area contributed by atoms with Crippen LogP contribution in [0.2, 0.25) is 0 Å². The number of hydrogen-bond donors (Lipinski definition) is 5. The molecule has 13 heteroatoms. The van der Waals surface area contributed by atoms with Gasteiger partial charge in [0.05, 0.1) is 12.6 Å². The molecule has 54 heavy (non-hydrogen) atoms. The molecule has 0 spiro atoms. The van der Waals surface area contributed by atoms with Crippen LogP contribution in [0, 0.1) is 6.92 Å². The standard InChI is InChI=1S/C41H42N4O9/c1-24-18-30(37(39(47)48)43-32-14-12-28-16-17-42-38(46)34(28)20-32)13-15-33(24)25(2)22-51-40(49)44-31-11-7-10-29(19-31)35(21-36-53-26(3)54-36)45-41(50)52-23-27-8-5-4-6-9-27/h4-20,25-26,35-37,43H,21-23H2,1-3H3,(H,42,46)(H,44,49)(H,45,50)(H,47,48)/t25-,26?,35+,36?,37?/m0/s1. The number of amides is 2. The fourth-order valence-corrected chi connectivity index (χ4v) is 6.36. The molecule has 1 fully saturated rings. The average molecular weight is 735 g/mol. The highest BCUT2D eigenvalue weighted by Gasteiger charge is 2.31. The molecule has 1 aliphatic rings. The van der Waals surface area contributed by atoms with Crippen molar-refractivity contribution >= 4 is 40.3 Å². The number of pyridine rings is 1. The Bertz CT molecular complexity index is 2170. The minimum absolute atomic E-state index is 0.0595. The van der Waals surface area contributed by atoms with Gasteiger partial charge in [-0.15, -0.1) is 0 Å². The number of hydrogen-bond acceptors (Lipinski definition) is 9. The summed E-state index contributed by atoms with van der Waals surface area (Å²) in [5, 5.41) is 19.9. The Balaban J connectivity index is 1.05. The lowest BCUT2D eigenvalue weighted by Gasteiger charge is -2.36. The molecule has 280 valence electrons. The predicted molar refractivity (Wildman–Crippen MR) is 202 cm³/mol. The van der Waals surface area contributed by atoms with E-state index in [1.54, 1.807) is 67.7 Å². The number of anilines is 2. The number of nitrogens with one attached hydrogen (secondary N) is 4. The average Bonchev–Trinajstić information content (AvgIpc) is 3.15. The third-order valence-electron chi connectivity index (χ3n) is 9.11. The minimum Gasteiger partial charge on any atom is -0.479 e. The van der Waals surface area contributed by atoms with E-state index in [9.17, 15) is 24.3 Å². The lowest BCUT2D eigenvalue weighted by molar-refractivity contribution is -0.378. The Morgan fingerprint density at radius 1 is 0.870 bits per heavy atom. The second kappa shape index (κ2) is 17.1. The maximum atomic E-state index is 12.9. The van der Waals surface area contributed by atoms with E-state index in [-0.39, 0.29) is 31.0 Å². The molecule has 5 aromatic rings. The Kier molecular flexibility index (Phi) is 11.9. The molecule has 13 nitrogen and oxygen atoms in total. The summed E-state index contributed by atoms with van der Waals surface area (Å²) in [6.07, 6.45) is -0.229. The maximum Gasteiger partial charge on any atom is 0.411 e. The maximum absolute atomic E-state index is 12.9. The summed E-state index contributed by atoms with van der Waals surface area (Å²) >= 11 is 0. The number of carboxylic acid groups (broad SMARTS) is 1. The number of fused-ring (bicyclic) bond motifs is 1. The third kappa shape index (κ3) is 9.62. The van der Waals surface area contributed by atoms with Gasteiger partial charge in [0.15, 0.2) is 18.6 Å². The zero-order chi connectivity index (χ0) is 38.2. The highest BCUT2D eigenvalue weighted by Crippen LogP contribution is 2.30. The number of aliphatic carboxylic acids is 1. The van der Waals surface area contributed by atoms with Gasteiger partial charge >= 0.3 is 18.2 Å². The second-order valence-electron chi connectivity index (χ2n) is 13.2. The van der Waals surface area contributed by atoms with Crippen molar-refractivity contribution in [2.45, 2.75) is 64.4 Å². The number of carbonyl (C=O) groups excluding carboxylic acids is 2. The number of ether oxygens (including phenoxy) is 4. The molecular formula is C41H42N4O9. The summed E-state index contributed by atoms with van der Waals surface area (Å²) in [4.78, 5) is 52.9. The molecule has 5 N–H and O–H groups in total. The van der Waals surface area contributed by atoms with Crippen molar-refractivity contribution in [3.63, 3.8) is 0 Å². The smallest absolute Gasteiger partial charge is 0.411 e. The number of carboxylic acids is 1. The zero-order valence-electron chi connectivity index (χ0n) is 30.0. The quantitative estimate of drug-likeness (QED) is 0.0768. The van der Waals surface area contributed by atoms with Crippen LogP contribution in [0.1, 0.15) is 66.1 Å². The molecule has 6 rings (SSSR count). The van der Waals surface area contributed by atoms with Crippen molar-refractivity contribution in [3.8, 4) is 0 Å². The van der Waals surface area contributed by atoms with Gasteiger partial charge in [-0.05, 0) is 77.4 Å². The van der Waals surface area contributed by atoms with Crippen LogP contribution in [0.4, 0.5) is 21.0 Å². The number of rotatable bonds is 14. The summed E-state index contributed by atoms with van der Waals surface area (Å²) in [5.74, 6) is -1.29. The molecule has 0 aliphatic carbocycles. The lowest BCUT2D eigenvalue weighted by Crippen LogP contribution is -2.42. The van der Waals surface area contributed by atoms with Crippen LogP contribution >= 0.6 is 0 Å². The van der Waals surface area contributed by atoms with E-state index in [1.807, 2.05) is 56.3 Å². The zero-order valence-corrected chi connectivity index (χ0v) is 30.0. The van der Waals surface area contributed by atoms with E-state index in [2.05, 4.69) is 20.9 Å². The van der Waals surface area contributed by atoms with Crippen molar-refractivity contribution in [1.29, 1.82) is 0 Å². The van der Waals surface area contributed by atoms with E-state index < -0.39 is 36.5 Å². The number of H-pyrrole nitrogens is 1. The summed E-state index contributed by atoms with van der Waals surface area (Å²) < 4.78 is 22.3. The molecule has 2 amide bonds. The van der Waals surface area contributed by atoms with Crippen molar-refractivity contribution in [2.24, 2.45) is 0 Å². The summed E-state index contributed by atoms with van der Waals surface area (Å²) in [5.41, 5.74) is 4.49. The molecule has 1 saturated heterocycles. The molecule has 1 aromatic heterocycles. The highest BCUT2D eigenvalue weighted by molar-refractivity contribution is 5.87. The van der Waals surface area contributed by atoms with Crippen LogP contribution in [-0.2, 0) is 30.3 Å². The molecular weight excluding hydrogens is 692 g/mol. The number of alkyl carbamates (subject to hydrolysis) is 1. The largest absolute Gasteiger partial charge is 0.479 e. The molecule has 4 aromatic carbocycles. The van der Waals surface area contributed by atoms with Gasteiger partial charge in [0.25, 0.3) is 5.56 Å². The van der Waals surface area contributed by atoms with Crippen molar-refractivity contribution in [3.05, 3.63) is 141 Å². The molecule has 0 radical (unpaired) electrons. The van der Waals surface area contributed by atoms with Crippen LogP contribution in [0.25, 0.3) is 10.8 Å². The van der Waals surface area contributed by atoms with Gasteiger partial charge in [-0.2, -0.15) is 0 Å². The van der Waals surface area contributed by atoms with E-state index in [0.717, 1.165) is 22.1 Å². The Hall–Kier alpha value is -6.18. The Labute approximate surface area is 311 Å². The van der Waals surface area contributed by atoms with Crippen molar-refractivity contribution in [2.75, 3.05) is 17.2 Å². The molecule has 3 atom stereocenters. The number of aryl methyl sites for hydroxylation is 1. The van der Waals surface area contributed by atoms with Crippen LogP contribution in [-0.4, -0.2) is 47.4 Å². The minimum atomic E-state index is -1.08. The van der Waals surface area contributed by atoms with Gasteiger partial charge in [-0.25, -0.2) is 14.4 Å². The first-order valence-electron chi connectivity index (χ1n) is 17.6. The number of aromatic amines is 1. The van der Waals surface area contributed by atoms with Gasteiger partial charge in [0.1, 0.15) is 6.61 Å². The Morgan fingerprint density at radius 2 is 1.67 bits per heavy atom. The highest BCUT2D eigenvalue weighted by atomic mass is 16.9. The Morgan fingerprint density at radius 3 is 2.41 bits per heavy atom. The van der Waals surface area contributed by atoms with Crippen LogP contribution in [0.15, 0.2) is 108 Å². The van der Waals surface area contributed by atoms with Gasteiger partial charge in [0.2, 0.25) is 0 Å². The van der Waals surface area contributed by atoms with E-state index in [1.165, 1.54) is 0 Å². The first-order chi connectivity index (χ1) is 26.0. The van der Waals surface area contributed by atoms with Crippen molar-refractivity contribution in [1.82, 2.24) is 10.3 Å². The summed E-state index contributed by atoms with van der Waals surface area (Å²) in [6, 6.07) is 27.0. The van der Waals surface area contributed by atoms with Gasteiger partial charge < -0.3 is 39.7 Å². The van der Waals surface area contributed by atoms with Gasteiger partial charge in [-0.1, -0.05) is 73.7 Å². The first kappa shape index (κ1) is 37.6. The van der Waals surface area contributed by atoms with Gasteiger partial charge in [-0.3, -0.25) is 10.1 Å². The number of aromatic nitrogens is 1. The number of benzene rings is 4. The lowest BCUT2D eigenvalue weighted by atomic mass is 9.93. The topological polar surface area (TPSA) is 177 Å². The summed E-state index contributed by atoms with van der Waals surface area (Å²) in [7, 11) is 0. The van der Waals surface area contributed by atoms with E-state index >= 15 is 0 Å². The molecule has 0 bridgehead atoms. The van der Waals surface area contributed by atoms with Crippen LogP contribution in [0.3, 0.4) is 0 Å². The third-order valence-corrected chi connectivity index (χ3v) is 9.11. The normalized spacial score (nSPS) is 16.6. The fraction of sp³-hybridized carbons (Fsp3) is 0.268. The number of carbonyl (C=O) groups is 3. The monoisotopic (exact) mass is 734 g/mol. The predicted octanol–water partition coefficient (Wildman–Crippen LogP) is 7.50. The van der Waals surface area contributed by atoms with Crippen LogP contribution < -0.4 is 21.5 Å². The molecule has 1 unspecified atom stereocenters. The molecule has 0 saturated carbocycles. The van der Waals surface area contributed by atoms with Crippen LogP contribution in [0.5, 0.6) is 0 Å². The van der Waals surface area contributed by atoms with E-state index in [0.29, 0.717) is 34.3 Å². The van der Waals surface area contributed by atoms with Crippen molar-refractivity contribution < 1.29 is 38.4 Å². The SMILES string of the molecule is Cc1cc(C(Nc2ccc3cc[nH]c(=O)c3c2)C(=O)O)ccc1[C@@H](C)COC(=O)Nc1cccc([C@@H](CC2OC(C)O2)NC(=O)OCc2ccccc2)c1. The molecule has 1 aliphatic heterocycles. The molecule has 2 heterocycles.